The van der Waals surface area contributed by atoms with Gasteiger partial charge in [0.25, 0.3) is 0 Å². The van der Waals surface area contributed by atoms with Crippen molar-refractivity contribution in [2.24, 2.45) is 0 Å². The summed E-state index contributed by atoms with van der Waals surface area (Å²) in [6.07, 6.45) is 33.9. The molecule has 0 fully saturated rings. The summed E-state index contributed by atoms with van der Waals surface area (Å²) in [4.78, 5) is 12.3. The van der Waals surface area contributed by atoms with Crippen molar-refractivity contribution in [1.82, 2.24) is 5.32 Å². The monoisotopic (exact) mass is 610 g/mol. The molecule has 4 unspecified atom stereocenters. The molecule has 0 bridgehead atoms. The lowest BCUT2D eigenvalue weighted by Crippen LogP contribution is -2.53. The van der Waals surface area contributed by atoms with Crippen molar-refractivity contribution in [3.05, 3.63) is 24.3 Å². The van der Waals surface area contributed by atoms with E-state index in [9.17, 15) is 25.2 Å². The minimum absolute atomic E-state index is 0.357. The zero-order valence-corrected chi connectivity index (χ0v) is 28.2. The molecule has 1 amide bonds. The number of amides is 1. The lowest BCUT2D eigenvalue weighted by atomic mass is 9.99. The van der Waals surface area contributed by atoms with Crippen LogP contribution in [0.5, 0.6) is 0 Å². The van der Waals surface area contributed by atoms with Crippen LogP contribution in [0.4, 0.5) is 0 Å². The first-order valence-corrected chi connectivity index (χ1v) is 18.2. The number of carbonyl (C=O) groups excluding carboxylic acids is 1. The molecule has 6 nitrogen and oxygen atoms in total. The van der Waals surface area contributed by atoms with Gasteiger partial charge in [0.15, 0.2) is 0 Å². The summed E-state index contributed by atoms with van der Waals surface area (Å²) in [5, 5.41) is 42.9. The molecule has 0 aliphatic carbocycles. The molecule has 0 aromatic heterocycles. The van der Waals surface area contributed by atoms with Gasteiger partial charge in [0.05, 0.1) is 18.8 Å². The number of hydrogen-bond donors (Lipinski definition) is 5. The van der Waals surface area contributed by atoms with Crippen molar-refractivity contribution in [2.45, 2.75) is 199 Å². The van der Waals surface area contributed by atoms with Gasteiger partial charge in [-0.05, 0) is 44.9 Å². The van der Waals surface area contributed by atoms with Gasteiger partial charge in [-0.25, -0.2) is 0 Å². The summed E-state index contributed by atoms with van der Waals surface area (Å²) in [5.41, 5.74) is 0. The highest BCUT2D eigenvalue weighted by Gasteiger charge is 2.28. The van der Waals surface area contributed by atoms with Crippen molar-refractivity contribution in [3.63, 3.8) is 0 Å². The Morgan fingerprint density at radius 3 is 1.47 bits per heavy atom. The first kappa shape index (κ1) is 41.8. The van der Waals surface area contributed by atoms with E-state index in [1.54, 1.807) is 0 Å². The molecule has 0 aromatic carbocycles. The van der Waals surface area contributed by atoms with E-state index in [2.05, 4.69) is 43.5 Å². The van der Waals surface area contributed by atoms with E-state index in [-0.39, 0.29) is 0 Å². The van der Waals surface area contributed by atoms with Gasteiger partial charge in [-0.15, -0.1) is 0 Å². The van der Waals surface area contributed by atoms with Crippen molar-refractivity contribution >= 4 is 5.91 Å². The van der Waals surface area contributed by atoms with Gasteiger partial charge in [0.1, 0.15) is 12.2 Å². The van der Waals surface area contributed by atoms with Crippen LogP contribution in [0.1, 0.15) is 174 Å². The van der Waals surface area contributed by atoms with Gasteiger partial charge in [0.2, 0.25) is 5.91 Å². The van der Waals surface area contributed by atoms with Crippen molar-refractivity contribution < 1.29 is 25.2 Å². The van der Waals surface area contributed by atoms with Crippen LogP contribution in [0, 0.1) is 0 Å². The highest BCUT2D eigenvalue weighted by Crippen LogP contribution is 2.14. The summed E-state index contributed by atoms with van der Waals surface area (Å²) in [6, 6.07) is -0.984. The number of aliphatic hydroxyl groups is 4. The quantitative estimate of drug-likeness (QED) is 0.0388. The lowest BCUT2D eigenvalue weighted by Gasteiger charge is -2.27. The zero-order chi connectivity index (χ0) is 31.8. The molecular formula is C37H71NO5. The fourth-order valence-corrected chi connectivity index (χ4v) is 5.43. The Labute approximate surface area is 265 Å². The molecule has 0 radical (unpaired) electrons. The Kier molecular flexibility index (Phi) is 31.3. The lowest BCUT2D eigenvalue weighted by molar-refractivity contribution is -0.132. The third-order valence-corrected chi connectivity index (χ3v) is 8.42. The van der Waals surface area contributed by atoms with E-state index in [4.69, 9.17) is 0 Å². The Hall–Kier alpha value is -1.21. The minimum Gasteiger partial charge on any atom is -0.394 e. The maximum absolute atomic E-state index is 12.3. The van der Waals surface area contributed by atoms with Crippen LogP contribution in [0.15, 0.2) is 24.3 Å². The summed E-state index contributed by atoms with van der Waals surface area (Å²) < 4.78 is 0. The third-order valence-electron chi connectivity index (χ3n) is 8.42. The number of allylic oxidation sites excluding steroid dienone is 4. The number of carbonyl (C=O) groups is 1. The highest BCUT2D eigenvalue weighted by molar-refractivity contribution is 5.80. The molecule has 0 spiro atoms. The molecule has 0 saturated carbocycles. The topological polar surface area (TPSA) is 110 Å². The number of rotatable bonds is 32. The summed E-state index contributed by atoms with van der Waals surface area (Å²) >= 11 is 0. The molecule has 0 aliphatic heterocycles. The standard InChI is InChI=1S/C37H71NO5/c1-3-5-7-9-10-11-12-13-14-15-16-17-18-19-20-21-22-23-24-25-27-29-31-35(41)37(43)38-33(32-39)36(42)34(40)30-28-26-8-6-4-2/h16-17,19-20,33-36,39-42H,3-15,18,21-32H2,1-2H3,(H,38,43)/b17-16-,20-19-. The van der Waals surface area contributed by atoms with E-state index in [0.717, 1.165) is 70.6 Å². The van der Waals surface area contributed by atoms with E-state index in [0.29, 0.717) is 12.8 Å². The molecular weight excluding hydrogens is 538 g/mol. The average Bonchev–Trinajstić information content (AvgIpc) is 3.01. The van der Waals surface area contributed by atoms with Gasteiger partial charge in [-0.1, -0.05) is 154 Å². The molecule has 0 rings (SSSR count). The van der Waals surface area contributed by atoms with Crippen LogP contribution in [0.25, 0.3) is 0 Å². The van der Waals surface area contributed by atoms with Crippen LogP contribution in [0.2, 0.25) is 0 Å². The normalized spacial score (nSPS) is 14.8. The molecule has 254 valence electrons. The predicted molar refractivity (Wildman–Crippen MR) is 182 cm³/mol. The van der Waals surface area contributed by atoms with Crippen LogP contribution in [-0.2, 0) is 4.79 Å². The second-order valence-corrected chi connectivity index (χ2v) is 12.6. The van der Waals surface area contributed by atoms with Crippen molar-refractivity contribution in [2.75, 3.05) is 6.61 Å². The van der Waals surface area contributed by atoms with Crippen LogP contribution in [-0.4, -0.2) is 57.3 Å². The molecule has 0 aromatic rings. The second kappa shape index (κ2) is 32.2. The van der Waals surface area contributed by atoms with E-state index in [1.807, 2.05) is 0 Å². The Balaban J connectivity index is 3.71. The molecule has 0 heterocycles. The van der Waals surface area contributed by atoms with E-state index < -0.39 is 36.9 Å². The Bertz CT molecular complexity index is 653. The molecule has 6 heteroatoms. The van der Waals surface area contributed by atoms with Crippen LogP contribution >= 0.6 is 0 Å². The maximum atomic E-state index is 12.3. The minimum atomic E-state index is -1.26. The first-order valence-electron chi connectivity index (χ1n) is 18.2. The van der Waals surface area contributed by atoms with Gasteiger partial charge in [0, 0.05) is 0 Å². The van der Waals surface area contributed by atoms with E-state index in [1.165, 1.54) is 77.0 Å². The zero-order valence-electron chi connectivity index (χ0n) is 28.2. The van der Waals surface area contributed by atoms with Gasteiger partial charge in [-0.3, -0.25) is 4.79 Å². The highest BCUT2D eigenvalue weighted by atomic mass is 16.3. The van der Waals surface area contributed by atoms with Gasteiger partial charge >= 0.3 is 0 Å². The number of nitrogens with one attached hydrogen (secondary N) is 1. The SMILES string of the molecule is CCCCCCCCCCC/C=C\C/C=C\CCCCCCCCC(O)C(=O)NC(CO)C(O)C(O)CCCCCCC. The second-order valence-electron chi connectivity index (χ2n) is 12.6. The molecule has 4 atom stereocenters. The van der Waals surface area contributed by atoms with Crippen LogP contribution < -0.4 is 5.32 Å². The van der Waals surface area contributed by atoms with Gasteiger partial charge in [-0.2, -0.15) is 0 Å². The molecule has 43 heavy (non-hydrogen) atoms. The Morgan fingerprint density at radius 1 is 0.581 bits per heavy atom. The van der Waals surface area contributed by atoms with Crippen molar-refractivity contribution in [1.29, 1.82) is 0 Å². The molecule has 0 saturated heterocycles. The fraction of sp³-hybridized carbons (Fsp3) is 0.865. The number of hydrogen-bond acceptors (Lipinski definition) is 5. The number of unbranched alkanes of at least 4 members (excludes halogenated alkanes) is 19. The fourth-order valence-electron chi connectivity index (χ4n) is 5.43. The summed E-state index contributed by atoms with van der Waals surface area (Å²) in [6.45, 7) is 3.92. The van der Waals surface area contributed by atoms with Crippen LogP contribution in [0.3, 0.4) is 0 Å². The summed E-state index contributed by atoms with van der Waals surface area (Å²) in [7, 11) is 0. The maximum Gasteiger partial charge on any atom is 0.249 e. The smallest absolute Gasteiger partial charge is 0.249 e. The average molecular weight is 610 g/mol. The Morgan fingerprint density at radius 2 is 1.00 bits per heavy atom. The molecule has 0 aliphatic rings. The summed E-state index contributed by atoms with van der Waals surface area (Å²) in [5.74, 6) is -0.599. The first-order chi connectivity index (χ1) is 21.0. The predicted octanol–water partition coefficient (Wildman–Crippen LogP) is 8.45. The number of aliphatic hydroxyl groups excluding tert-OH is 4. The largest absolute Gasteiger partial charge is 0.394 e. The van der Waals surface area contributed by atoms with Crippen molar-refractivity contribution in [3.8, 4) is 0 Å². The molecule has 5 N–H and O–H groups in total. The third kappa shape index (κ3) is 26.9. The van der Waals surface area contributed by atoms with Gasteiger partial charge < -0.3 is 25.7 Å². The van der Waals surface area contributed by atoms with E-state index >= 15 is 0 Å².